The highest BCUT2D eigenvalue weighted by molar-refractivity contribution is 5.69. The van der Waals surface area contributed by atoms with E-state index in [2.05, 4.69) is 9.88 Å². The molecule has 1 atom stereocenters. The molecule has 1 aromatic heterocycles. The number of halogens is 1. The number of aromatic nitrogens is 1. The number of nitrogen functional groups attached to an aromatic ring is 1. The number of benzene rings is 1. The topological polar surface area (TPSA) is 88.7 Å². The number of carboxylic acid groups (broad SMARTS) is 1. The van der Waals surface area contributed by atoms with Gasteiger partial charge in [-0.05, 0) is 53.9 Å². The lowest BCUT2D eigenvalue weighted by Gasteiger charge is -2.41. The quantitative estimate of drug-likeness (QED) is 0.839. The Morgan fingerprint density at radius 2 is 2.14 bits per heavy atom. The van der Waals surface area contributed by atoms with Crippen LogP contribution in [0.2, 0.25) is 0 Å². The summed E-state index contributed by atoms with van der Waals surface area (Å²) in [5.74, 6) is 0.268. The van der Waals surface area contributed by atoms with Gasteiger partial charge in [0.2, 0.25) is 0 Å². The van der Waals surface area contributed by atoms with Crippen LogP contribution in [0.5, 0.6) is 5.75 Å². The van der Waals surface area contributed by atoms with Crippen molar-refractivity contribution in [1.29, 1.82) is 0 Å². The minimum absolute atomic E-state index is 0.0607. The molecule has 1 aromatic carbocycles. The van der Waals surface area contributed by atoms with Crippen molar-refractivity contribution >= 4 is 17.5 Å². The Balaban J connectivity index is 1.58. The lowest BCUT2D eigenvalue weighted by Crippen LogP contribution is -2.42. The van der Waals surface area contributed by atoms with Crippen molar-refractivity contribution in [2.75, 3.05) is 30.8 Å². The minimum atomic E-state index is -0.812. The van der Waals surface area contributed by atoms with E-state index in [0.29, 0.717) is 11.4 Å². The zero-order valence-electron chi connectivity index (χ0n) is 15.8. The fraction of sp³-hybridized carbons (Fsp3) is 0.429. The molecule has 1 aliphatic heterocycles. The summed E-state index contributed by atoms with van der Waals surface area (Å²) in [6, 6.07) is 6.65. The van der Waals surface area contributed by atoms with Gasteiger partial charge in [-0.2, -0.15) is 0 Å². The van der Waals surface area contributed by atoms with Gasteiger partial charge in [-0.15, -0.1) is 0 Å². The smallest absolute Gasteiger partial charge is 0.303 e. The Kier molecular flexibility index (Phi) is 4.61. The number of methoxy groups -OCH3 is 1. The largest absolute Gasteiger partial charge is 0.494 e. The van der Waals surface area contributed by atoms with Crippen molar-refractivity contribution in [1.82, 2.24) is 4.98 Å². The van der Waals surface area contributed by atoms with Crippen molar-refractivity contribution in [3.8, 4) is 5.75 Å². The van der Waals surface area contributed by atoms with Crippen LogP contribution in [0.25, 0.3) is 0 Å². The zero-order chi connectivity index (χ0) is 19.9. The predicted octanol–water partition coefficient (Wildman–Crippen LogP) is 3.31. The van der Waals surface area contributed by atoms with Gasteiger partial charge in [0.05, 0.1) is 25.4 Å². The fourth-order valence-electron chi connectivity index (χ4n) is 4.85. The number of carboxylic acids is 1. The lowest BCUT2D eigenvalue weighted by molar-refractivity contribution is -0.137. The van der Waals surface area contributed by atoms with Crippen LogP contribution < -0.4 is 15.4 Å². The second kappa shape index (κ2) is 6.96. The molecule has 6 nitrogen and oxygen atoms in total. The molecule has 1 saturated heterocycles. The van der Waals surface area contributed by atoms with Crippen molar-refractivity contribution in [3.63, 3.8) is 0 Å². The molecule has 28 heavy (non-hydrogen) atoms. The summed E-state index contributed by atoms with van der Waals surface area (Å²) in [4.78, 5) is 17.9. The average molecular weight is 385 g/mol. The molecule has 0 radical (unpaired) electrons. The summed E-state index contributed by atoms with van der Waals surface area (Å²) in [6.45, 7) is 1.52. The first-order valence-electron chi connectivity index (χ1n) is 9.48. The molecule has 148 valence electrons. The van der Waals surface area contributed by atoms with Gasteiger partial charge in [0, 0.05) is 19.2 Å². The molecule has 0 saturated carbocycles. The van der Waals surface area contributed by atoms with Crippen LogP contribution in [0.15, 0.2) is 30.5 Å². The van der Waals surface area contributed by atoms with Crippen LogP contribution in [0.1, 0.15) is 42.7 Å². The number of anilines is 2. The zero-order valence-corrected chi connectivity index (χ0v) is 15.8. The first-order chi connectivity index (χ1) is 13.4. The summed E-state index contributed by atoms with van der Waals surface area (Å²) >= 11 is 0. The van der Waals surface area contributed by atoms with Gasteiger partial charge < -0.3 is 20.5 Å². The van der Waals surface area contributed by atoms with Crippen molar-refractivity contribution in [2.45, 2.75) is 37.0 Å². The van der Waals surface area contributed by atoms with Gasteiger partial charge >= 0.3 is 5.97 Å². The fourth-order valence-corrected chi connectivity index (χ4v) is 4.85. The third-order valence-electron chi connectivity index (χ3n) is 6.23. The van der Waals surface area contributed by atoms with E-state index in [1.807, 2.05) is 6.07 Å². The summed E-state index contributed by atoms with van der Waals surface area (Å²) in [7, 11) is 1.58. The van der Waals surface area contributed by atoms with E-state index in [0.717, 1.165) is 49.3 Å². The van der Waals surface area contributed by atoms with Crippen LogP contribution in [0.4, 0.5) is 15.9 Å². The number of rotatable bonds is 4. The van der Waals surface area contributed by atoms with E-state index >= 15 is 0 Å². The number of aliphatic carboxylic acids is 1. The SMILES string of the molecule is COc1cc(N2CCC3(CC2)CC(CC(=O)O)c2ccc(F)cc23)ncc1N. The van der Waals surface area contributed by atoms with E-state index in [-0.39, 0.29) is 23.6 Å². The molecule has 1 spiro atoms. The first-order valence-corrected chi connectivity index (χ1v) is 9.48. The number of nitrogens with zero attached hydrogens (tertiary/aromatic N) is 2. The molecule has 7 heteroatoms. The standard InChI is InChI=1S/C21H24FN3O3/c1-28-18-10-19(24-12-17(18)23)25-6-4-21(5-7-25)11-13(8-20(26)27)15-3-2-14(22)9-16(15)21/h2-3,9-10,12-13H,4-8,11,23H2,1H3,(H,26,27). The molecular weight excluding hydrogens is 361 g/mol. The molecule has 2 heterocycles. The Bertz CT molecular complexity index is 910. The number of hydrogen-bond acceptors (Lipinski definition) is 5. The van der Waals surface area contributed by atoms with Crippen molar-refractivity contribution in [3.05, 3.63) is 47.4 Å². The van der Waals surface area contributed by atoms with Gasteiger partial charge in [-0.3, -0.25) is 4.79 Å². The highest BCUT2D eigenvalue weighted by atomic mass is 19.1. The molecule has 0 amide bonds. The summed E-state index contributed by atoms with van der Waals surface area (Å²) in [5, 5.41) is 9.29. The maximum absolute atomic E-state index is 14.0. The maximum atomic E-state index is 14.0. The van der Waals surface area contributed by atoms with Crippen LogP contribution >= 0.6 is 0 Å². The molecule has 1 aliphatic carbocycles. The number of hydrogen-bond donors (Lipinski definition) is 2. The highest BCUT2D eigenvalue weighted by Crippen LogP contribution is 2.53. The molecule has 3 N–H and O–H groups in total. The molecule has 1 fully saturated rings. The summed E-state index contributed by atoms with van der Waals surface area (Å²) in [6.07, 6.45) is 4.09. The predicted molar refractivity (Wildman–Crippen MR) is 104 cm³/mol. The number of carbonyl (C=O) groups is 1. The third kappa shape index (κ3) is 3.15. The Labute approximate surface area is 163 Å². The second-order valence-corrected chi connectivity index (χ2v) is 7.78. The van der Waals surface area contributed by atoms with Crippen LogP contribution in [0.3, 0.4) is 0 Å². The van der Waals surface area contributed by atoms with Gasteiger partial charge in [0.15, 0.2) is 0 Å². The van der Waals surface area contributed by atoms with E-state index in [4.69, 9.17) is 10.5 Å². The van der Waals surface area contributed by atoms with Gasteiger partial charge in [-0.1, -0.05) is 6.07 Å². The van der Waals surface area contributed by atoms with Gasteiger partial charge in [-0.25, -0.2) is 9.37 Å². The summed E-state index contributed by atoms with van der Waals surface area (Å²) in [5.41, 5.74) is 8.16. The highest BCUT2D eigenvalue weighted by Gasteiger charge is 2.46. The van der Waals surface area contributed by atoms with Crippen molar-refractivity contribution < 1.29 is 19.0 Å². The Morgan fingerprint density at radius 1 is 1.39 bits per heavy atom. The molecule has 1 unspecified atom stereocenters. The van der Waals surface area contributed by atoms with E-state index in [9.17, 15) is 14.3 Å². The van der Waals surface area contributed by atoms with Crippen LogP contribution in [-0.4, -0.2) is 36.3 Å². The average Bonchev–Trinajstić information content (AvgIpc) is 2.95. The third-order valence-corrected chi connectivity index (χ3v) is 6.23. The number of ether oxygens (including phenoxy) is 1. The number of piperidine rings is 1. The minimum Gasteiger partial charge on any atom is -0.494 e. The van der Waals surface area contributed by atoms with Gasteiger partial charge in [0.25, 0.3) is 0 Å². The van der Waals surface area contributed by atoms with Crippen molar-refractivity contribution in [2.24, 2.45) is 0 Å². The maximum Gasteiger partial charge on any atom is 0.303 e. The second-order valence-electron chi connectivity index (χ2n) is 7.78. The van der Waals surface area contributed by atoms with Gasteiger partial charge in [0.1, 0.15) is 17.4 Å². The van der Waals surface area contributed by atoms with E-state index in [1.165, 1.54) is 6.07 Å². The van der Waals surface area contributed by atoms with Crippen LogP contribution in [-0.2, 0) is 10.2 Å². The number of nitrogens with two attached hydrogens (primary N) is 1. The molecule has 0 bridgehead atoms. The Hall–Kier alpha value is -2.83. The van der Waals surface area contributed by atoms with E-state index < -0.39 is 5.97 Å². The molecule has 2 aromatic rings. The molecular formula is C21H24FN3O3. The summed E-state index contributed by atoms with van der Waals surface area (Å²) < 4.78 is 19.3. The lowest BCUT2D eigenvalue weighted by atomic mass is 9.73. The molecule has 2 aliphatic rings. The number of pyridine rings is 1. The van der Waals surface area contributed by atoms with Crippen LogP contribution in [0, 0.1) is 5.82 Å². The monoisotopic (exact) mass is 385 g/mol. The normalized spacial score (nSPS) is 20.2. The van der Waals surface area contributed by atoms with E-state index in [1.54, 1.807) is 25.4 Å². The number of fused-ring (bicyclic) bond motifs is 2. The first kappa shape index (κ1) is 18.5. The molecule has 4 rings (SSSR count). The Morgan fingerprint density at radius 3 is 2.82 bits per heavy atom.